The van der Waals surface area contributed by atoms with Crippen LogP contribution in [0.2, 0.25) is 0 Å². The summed E-state index contributed by atoms with van der Waals surface area (Å²) in [7, 11) is -3.26. The van der Waals surface area contributed by atoms with Crippen LogP contribution in [0.3, 0.4) is 0 Å². The number of hydrogen-bond acceptors (Lipinski definition) is 3. The van der Waals surface area contributed by atoms with Gasteiger partial charge in [0, 0.05) is 11.3 Å². The van der Waals surface area contributed by atoms with Gasteiger partial charge in [-0.05, 0) is 18.6 Å². The zero-order valence-electron chi connectivity index (χ0n) is 9.24. The third-order valence-corrected chi connectivity index (χ3v) is 3.97. The van der Waals surface area contributed by atoms with Crippen LogP contribution in [0.15, 0.2) is 18.2 Å². The second-order valence-corrected chi connectivity index (χ2v) is 5.94. The third kappa shape index (κ3) is 3.48. The fourth-order valence-corrected chi connectivity index (χ4v) is 3.00. The molecule has 1 aromatic rings. The van der Waals surface area contributed by atoms with Crippen molar-refractivity contribution in [3.05, 3.63) is 29.6 Å². The van der Waals surface area contributed by atoms with Gasteiger partial charge in [-0.2, -0.15) is 0 Å². The van der Waals surface area contributed by atoms with Crippen LogP contribution in [-0.2, 0) is 15.6 Å². The summed E-state index contributed by atoms with van der Waals surface area (Å²) < 4.78 is 36.6. The van der Waals surface area contributed by atoms with Gasteiger partial charge < -0.3 is 5.73 Å². The lowest BCUT2D eigenvalue weighted by molar-refractivity contribution is 0.584. The number of rotatable bonds is 5. The highest BCUT2D eigenvalue weighted by Crippen LogP contribution is 2.19. The Bertz CT molecular complexity index is 437. The normalized spacial score (nSPS) is 11.6. The molecule has 0 aliphatic heterocycles. The van der Waals surface area contributed by atoms with Gasteiger partial charge in [-0.15, -0.1) is 0 Å². The van der Waals surface area contributed by atoms with Crippen molar-refractivity contribution < 1.29 is 12.8 Å². The van der Waals surface area contributed by atoms with Crippen LogP contribution in [0.1, 0.15) is 25.3 Å². The molecule has 0 radical (unpaired) electrons. The Morgan fingerprint density at radius 3 is 2.62 bits per heavy atom. The number of benzene rings is 1. The molecule has 0 aromatic heterocycles. The molecule has 1 rings (SSSR count). The lowest BCUT2D eigenvalue weighted by Crippen LogP contribution is -2.12. The van der Waals surface area contributed by atoms with Crippen molar-refractivity contribution >= 4 is 15.5 Å². The van der Waals surface area contributed by atoms with Crippen LogP contribution in [0.4, 0.5) is 10.1 Å². The van der Waals surface area contributed by atoms with E-state index in [0.29, 0.717) is 6.42 Å². The molecular formula is C11H16FNO2S. The molecule has 0 saturated carbocycles. The smallest absolute Gasteiger partial charge is 0.154 e. The van der Waals surface area contributed by atoms with E-state index in [0.717, 1.165) is 6.42 Å². The van der Waals surface area contributed by atoms with Gasteiger partial charge in [0.05, 0.1) is 11.5 Å². The Morgan fingerprint density at radius 1 is 1.38 bits per heavy atom. The van der Waals surface area contributed by atoms with Gasteiger partial charge in [-0.1, -0.05) is 19.4 Å². The number of hydrogen-bond donors (Lipinski definition) is 1. The SMILES string of the molecule is CCCCS(=O)(=O)Cc1c(N)cccc1F. The van der Waals surface area contributed by atoms with E-state index in [1.807, 2.05) is 6.92 Å². The molecule has 2 N–H and O–H groups in total. The molecule has 0 amide bonds. The maximum absolute atomic E-state index is 13.4. The number of nitrogen functional groups attached to an aromatic ring is 1. The highest BCUT2D eigenvalue weighted by Gasteiger charge is 2.16. The predicted molar refractivity (Wildman–Crippen MR) is 63.2 cm³/mol. The molecule has 3 nitrogen and oxygen atoms in total. The van der Waals surface area contributed by atoms with E-state index in [9.17, 15) is 12.8 Å². The summed E-state index contributed by atoms with van der Waals surface area (Å²) in [6.45, 7) is 1.91. The van der Waals surface area contributed by atoms with E-state index < -0.39 is 15.7 Å². The monoisotopic (exact) mass is 245 g/mol. The molecule has 0 saturated heterocycles. The predicted octanol–water partition coefficient (Wildman–Crippen LogP) is 2.12. The van der Waals surface area contributed by atoms with E-state index in [2.05, 4.69) is 0 Å². The summed E-state index contributed by atoms with van der Waals surface area (Å²) in [4.78, 5) is 0. The van der Waals surface area contributed by atoms with Gasteiger partial charge in [0.2, 0.25) is 0 Å². The van der Waals surface area contributed by atoms with Crippen LogP contribution in [0, 0.1) is 5.82 Å². The van der Waals surface area contributed by atoms with Gasteiger partial charge in [0.1, 0.15) is 5.82 Å². The van der Waals surface area contributed by atoms with Crippen molar-refractivity contribution in [1.29, 1.82) is 0 Å². The number of nitrogens with two attached hydrogens (primary N) is 1. The lowest BCUT2D eigenvalue weighted by atomic mass is 10.2. The number of unbranched alkanes of at least 4 members (excludes halogenated alkanes) is 1. The molecule has 0 fully saturated rings. The maximum atomic E-state index is 13.4. The van der Waals surface area contributed by atoms with Crippen molar-refractivity contribution in [3.8, 4) is 0 Å². The molecule has 0 unspecified atom stereocenters. The minimum absolute atomic E-state index is 0.0806. The van der Waals surface area contributed by atoms with Gasteiger partial charge in [-0.3, -0.25) is 0 Å². The quantitative estimate of drug-likeness (QED) is 0.808. The molecule has 16 heavy (non-hydrogen) atoms. The first-order valence-electron chi connectivity index (χ1n) is 5.19. The first-order chi connectivity index (χ1) is 7.46. The van der Waals surface area contributed by atoms with Crippen molar-refractivity contribution in [1.82, 2.24) is 0 Å². The molecule has 0 bridgehead atoms. The van der Waals surface area contributed by atoms with E-state index in [4.69, 9.17) is 5.73 Å². The topological polar surface area (TPSA) is 60.2 Å². The van der Waals surface area contributed by atoms with Gasteiger partial charge in [0.15, 0.2) is 9.84 Å². The second-order valence-electron chi connectivity index (χ2n) is 3.75. The molecule has 0 atom stereocenters. The van der Waals surface area contributed by atoms with Crippen LogP contribution in [-0.4, -0.2) is 14.2 Å². The average Bonchev–Trinajstić information content (AvgIpc) is 2.21. The Hall–Kier alpha value is -1.10. The molecule has 0 spiro atoms. The number of sulfone groups is 1. The molecule has 0 heterocycles. The fraction of sp³-hybridized carbons (Fsp3) is 0.455. The van der Waals surface area contributed by atoms with Gasteiger partial charge in [0.25, 0.3) is 0 Å². The molecule has 5 heteroatoms. The lowest BCUT2D eigenvalue weighted by Gasteiger charge is -2.07. The highest BCUT2D eigenvalue weighted by atomic mass is 32.2. The Balaban J connectivity index is 2.88. The van der Waals surface area contributed by atoms with E-state index in [-0.39, 0.29) is 22.8 Å². The number of anilines is 1. The summed E-state index contributed by atoms with van der Waals surface area (Å²) in [6.07, 6.45) is 1.39. The Kier molecular flexibility index (Phi) is 4.29. The number of halogens is 1. The van der Waals surface area contributed by atoms with Crippen molar-refractivity contribution in [2.24, 2.45) is 0 Å². The van der Waals surface area contributed by atoms with Crippen molar-refractivity contribution in [2.75, 3.05) is 11.5 Å². The van der Waals surface area contributed by atoms with Crippen molar-refractivity contribution in [3.63, 3.8) is 0 Å². The van der Waals surface area contributed by atoms with Crippen LogP contribution in [0.25, 0.3) is 0 Å². The van der Waals surface area contributed by atoms with E-state index >= 15 is 0 Å². The minimum atomic E-state index is -3.26. The van der Waals surface area contributed by atoms with Crippen LogP contribution < -0.4 is 5.73 Å². The largest absolute Gasteiger partial charge is 0.398 e. The Morgan fingerprint density at radius 2 is 2.06 bits per heavy atom. The first-order valence-corrected chi connectivity index (χ1v) is 7.01. The van der Waals surface area contributed by atoms with Crippen LogP contribution in [0.5, 0.6) is 0 Å². The Labute approximate surface area is 95.4 Å². The second kappa shape index (κ2) is 5.30. The minimum Gasteiger partial charge on any atom is -0.398 e. The molecule has 0 aliphatic rings. The molecule has 90 valence electrons. The zero-order valence-corrected chi connectivity index (χ0v) is 10.1. The van der Waals surface area contributed by atoms with E-state index in [1.165, 1.54) is 18.2 Å². The third-order valence-electron chi connectivity index (χ3n) is 2.33. The van der Waals surface area contributed by atoms with Gasteiger partial charge in [-0.25, -0.2) is 12.8 Å². The first kappa shape index (κ1) is 13.0. The standard InChI is InChI=1S/C11H16FNO2S/c1-2-3-7-16(14,15)8-9-10(12)5-4-6-11(9)13/h4-6H,2-3,7-8,13H2,1H3. The summed E-state index contributed by atoms with van der Waals surface area (Å²) in [5.74, 6) is -0.789. The summed E-state index contributed by atoms with van der Waals surface area (Å²) in [6, 6.07) is 4.20. The summed E-state index contributed by atoms with van der Waals surface area (Å²) >= 11 is 0. The van der Waals surface area contributed by atoms with E-state index in [1.54, 1.807) is 0 Å². The average molecular weight is 245 g/mol. The molecule has 0 aliphatic carbocycles. The summed E-state index contributed by atoms with van der Waals surface area (Å²) in [5, 5.41) is 0. The maximum Gasteiger partial charge on any atom is 0.154 e. The molecule has 1 aromatic carbocycles. The van der Waals surface area contributed by atoms with Crippen molar-refractivity contribution in [2.45, 2.75) is 25.5 Å². The highest BCUT2D eigenvalue weighted by molar-refractivity contribution is 7.90. The summed E-state index contributed by atoms with van der Waals surface area (Å²) in [5.41, 5.74) is 5.83. The molecular weight excluding hydrogens is 229 g/mol. The fourth-order valence-electron chi connectivity index (χ4n) is 1.38. The zero-order chi connectivity index (χ0) is 12.2. The van der Waals surface area contributed by atoms with Crippen LogP contribution >= 0.6 is 0 Å². The van der Waals surface area contributed by atoms with Gasteiger partial charge >= 0.3 is 0 Å².